The van der Waals surface area contributed by atoms with E-state index in [1.165, 1.54) is 12.1 Å². The van der Waals surface area contributed by atoms with Gasteiger partial charge in [-0.15, -0.1) is 0 Å². The fraction of sp³-hybridized carbons (Fsp3) is 0.500. The molecule has 0 radical (unpaired) electrons. The van der Waals surface area contributed by atoms with E-state index in [1.54, 1.807) is 20.8 Å². The highest BCUT2D eigenvalue weighted by molar-refractivity contribution is 5.67. The minimum atomic E-state index is -4.42. The Morgan fingerprint density at radius 3 is 2.19 bits per heavy atom. The number of ether oxygens (including phenoxy) is 1. The maximum absolute atomic E-state index is 12.4. The van der Waals surface area contributed by atoms with Gasteiger partial charge >= 0.3 is 12.3 Å². The molecule has 7 heteroatoms. The van der Waals surface area contributed by atoms with Crippen molar-refractivity contribution in [2.75, 3.05) is 6.54 Å². The second kappa shape index (κ2) is 6.34. The maximum atomic E-state index is 12.4. The predicted molar refractivity (Wildman–Crippen MR) is 70.6 cm³/mol. The fourth-order valence-corrected chi connectivity index (χ4v) is 1.51. The summed E-state index contributed by atoms with van der Waals surface area (Å²) in [5.41, 5.74) is -1.18. The largest absolute Gasteiger partial charge is 0.444 e. The third-order valence-corrected chi connectivity index (χ3v) is 2.46. The molecule has 0 unspecified atom stereocenters. The van der Waals surface area contributed by atoms with E-state index in [4.69, 9.17) is 4.74 Å². The smallest absolute Gasteiger partial charge is 0.416 e. The van der Waals surface area contributed by atoms with Crippen LogP contribution in [0.4, 0.5) is 18.0 Å². The average Bonchev–Trinajstić information content (AvgIpc) is 2.33. The lowest BCUT2D eigenvalue weighted by molar-refractivity contribution is -0.137. The number of nitrogens with one attached hydrogen (secondary N) is 1. The first-order chi connectivity index (χ1) is 9.49. The fourth-order valence-electron chi connectivity index (χ4n) is 1.51. The second-order valence-electron chi connectivity index (χ2n) is 5.52. The average molecular weight is 305 g/mol. The molecule has 0 spiro atoms. The summed E-state index contributed by atoms with van der Waals surface area (Å²) in [6, 6.07) is 4.10. The number of aliphatic hydroxyl groups excluding tert-OH is 1. The van der Waals surface area contributed by atoms with Crippen molar-refractivity contribution in [1.82, 2.24) is 5.32 Å². The molecule has 1 rings (SSSR count). The van der Waals surface area contributed by atoms with Crippen LogP contribution in [0.1, 0.15) is 38.0 Å². The van der Waals surface area contributed by atoms with Crippen LogP contribution in [0.2, 0.25) is 0 Å². The summed E-state index contributed by atoms with van der Waals surface area (Å²) in [5, 5.41) is 12.2. The minimum Gasteiger partial charge on any atom is -0.444 e. The molecule has 0 saturated heterocycles. The van der Waals surface area contributed by atoms with Gasteiger partial charge in [-0.05, 0) is 38.5 Å². The van der Waals surface area contributed by atoms with Gasteiger partial charge in [0.15, 0.2) is 0 Å². The van der Waals surface area contributed by atoms with Crippen molar-refractivity contribution in [1.29, 1.82) is 0 Å². The number of carbonyl (C=O) groups is 1. The number of aliphatic hydroxyl groups is 1. The van der Waals surface area contributed by atoms with Gasteiger partial charge < -0.3 is 15.2 Å². The Hall–Kier alpha value is -1.76. The molecule has 0 aliphatic heterocycles. The highest BCUT2D eigenvalue weighted by Gasteiger charge is 2.30. The molecule has 2 N–H and O–H groups in total. The first kappa shape index (κ1) is 17.3. The lowest BCUT2D eigenvalue weighted by atomic mass is 10.1. The van der Waals surface area contributed by atoms with E-state index in [0.717, 1.165) is 12.1 Å². The Balaban J connectivity index is 2.56. The predicted octanol–water partition coefficient (Wildman–Crippen LogP) is 3.26. The monoisotopic (exact) mass is 305 g/mol. The summed E-state index contributed by atoms with van der Waals surface area (Å²) in [6.45, 7) is 4.93. The molecule has 0 saturated carbocycles. The van der Waals surface area contributed by atoms with E-state index in [2.05, 4.69) is 5.32 Å². The molecular weight excluding hydrogens is 287 g/mol. The van der Waals surface area contributed by atoms with Gasteiger partial charge in [-0.2, -0.15) is 13.2 Å². The number of halogens is 3. The van der Waals surface area contributed by atoms with E-state index in [1.807, 2.05) is 0 Å². The first-order valence-electron chi connectivity index (χ1n) is 6.31. The van der Waals surface area contributed by atoms with Crippen molar-refractivity contribution in [2.24, 2.45) is 0 Å². The Morgan fingerprint density at radius 1 is 1.24 bits per heavy atom. The third kappa shape index (κ3) is 6.03. The highest BCUT2D eigenvalue weighted by atomic mass is 19.4. The SMILES string of the molecule is CC(C)(C)OC(=O)NC[C@@H](O)c1ccc(C(F)(F)F)cc1. The Labute approximate surface area is 120 Å². The molecule has 1 aromatic rings. The van der Waals surface area contributed by atoms with Gasteiger partial charge in [-0.3, -0.25) is 0 Å². The molecule has 0 fully saturated rings. The number of amides is 1. The molecule has 0 aromatic heterocycles. The molecule has 0 aliphatic rings. The topological polar surface area (TPSA) is 58.6 Å². The number of benzene rings is 1. The number of hydrogen-bond acceptors (Lipinski definition) is 3. The maximum Gasteiger partial charge on any atom is 0.416 e. The van der Waals surface area contributed by atoms with Crippen molar-refractivity contribution >= 4 is 6.09 Å². The Morgan fingerprint density at radius 2 is 1.76 bits per heavy atom. The van der Waals surface area contributed by atoms with Crippen LogP contribution in [0, 0.1) is 0 Å². The minimum absolute atomic E-state index is 0.153. The number of hydrogen-bond donors (Lipinski definition) is 2. The normalized spacial score (nSPS) is 13.7. The van der Waals surface area contributed by atoms with E-state index in [9.17, 15) is 23.1 Å². The summed E-state index contributed by atoms with van der Waals surface area (Å²) < 4.78 is 42.2. The molecule has 21 heavy (non-hydrogen) atoms. The van der Waals surface area contributed by atoms with Crippen LogP contribution in [0.25, 0.3) is 0 Å². The molecule has 1 aromatic carbocycles. The Bertz CT molecular complexity index is 478. The zero-order valence-electron chi connectivity index (χ0n) is 12.0. The van der Waals surface area contributed by atoms with Crippen LogP contribution in [0.3, 0.4) is 0 Å². The molecule has 0 heterocycles. The van der Waals surface area contributed by atoms with Crippen LogP contribution in [0.15, 0.2) is 24.3 Å². The number of alkyl halides is 3. The van der Waals surface area contributed by atoms with Gasteiger partial charge in [0.05, 0.1) is 18.2 Å². The van der Waals surface area contributed by atoms with Crippen LogP contribution in [0.5, 0.6) is 0 Å². The molecule has 1 amide bonds. The van der Waals surface area contributed by atoms with Crippen molar-refractivity contribution in [3.63, 3.8) is 0 Å². The summed E-state index contributed by atoms with van der Waals surface area (Å²) in [5.74, 6) is 0. The summed E-state index contributed by atoms with van der Waals surface area (Å²) >= 11 is 0. The lowest BCUT2D eigenvalue weighted by Gasteiger charge is -2.20. The molecule has 0 aliphatic carbocycles. The van der Waals surface area contributed by atoms with Crippen molar-refractivity contribution < 1.29 is 27.8 Å². The number of rotatable bonds is 3. The second-order valence-corrected chi connectivity index (χ2v) is 5.52. The standard InChI is InChI=1S/C14H18F3NO3/c1-13(2,3)21-12(20)18-8-11(19)9-4-6-10(7-5-9)14(15,16)17/h4-7,11,19H,8H2,1-3H3,(H,18,20)/t11-/m1/s1. The van der Waals surface area contributed by atoms with E-state index in [0.29, 0.717) is 0 Å². The van der Waals surface area contributed by atoms with Crippen molar-refractivity contribution in [2.45, 2.75) is 38.7 Å². The molecular formula is C14H18F3NO3. The zero-order chi connectivity index (χ0) is 16.3. The first-order valence-corrected chi connectivity index (χ1v) is 6.31. The third-order valence-electron chi connectivity index (χ3n) is 2.46. The quantitative estimate of drug-likeness (QED) is 0.901. The van der Waals surface area contributed by atoms with Crippen molar-refractivity contribution in [3.05, 3.63) is 35.4 Å². The van der Waals surface area contributed by atoms with Gasteiger partial charge in [0.1, 0.15) is 5.60 Å². The van der Waals surface area contributed by atoms with Gasteiger partial charge in [-0.25, -0.2) is 4.79 Å². The highest BCUT2D eigenvalue weighted by Crippen LogP contribution is 2.29. The number of alkyl carbamates (subject to hydrolysis) is 1. The van der Waals surface area contributed by atoms with Crippen molar-refractivity contribution in [3.8, 4) is 0 Å². The molecule has 4 nitrogen and oxygen atoms in total. The molecule has 0 bridgehead atoms. The van der Waals surface area contributed by atoms with Crippen LogP contribution >= 0.6 is 0 Å². The zero-order valence-corrected chi connectivity index (χ0v) is 12.0. The summed E-state index contributed by atoms with van der Waals surface area (Å²) in [4.78, 5) is 11.4. The van der Waals surface area contributed by atoms with E-state index >= 15 is 0 Å². The molecule has 1 atom stereocenters. The molecule has 118 valence electrons. The van der Waals surface area contributed by atoms with Gasteiger partial charge in [0.25, 0.3) is 0 Å². The Kier molecular flexibility index (Phi) is 5.22. The summed E-state index contributed by atoms with van der Waals surface area (Å²) in [7, 11) is 0. The number of carbonyl (C=O) groups excluding carboxylic acids is 1. The van der Waals surface area contributed by atoms with Gasteiger partial charge in [-0.1, -0.05) is 12.1 Å². The van der Waals surface area contributed by atoms with Crippen LogP contribution in [-0.2, 0) is 10.9 Å². The van der Waals surface area contributed by atoms with E-state index in [-0.39, 0.29) is 12.1 Å². The van der Waals surface area contributed by atoms with Crippen LogP contribution < -0.4 is 5.32 Å². The van der Waals surface area contributed by atoms with Crippen LogP contribution in [-0.4, -0.2) is 23.3 Å². The lowest BCUT2D eigenvalue weighted by Crippen LogP contribution is -2.34. The summed E-state index contributed by atoms with van der Waals surface area (Å²) in [6.07, 6.45) is -6.23. The van der Waals surface area contributed by atoms with E-state index < -0.39 is 29.5 Å². The van der Waals surface area contributed by atoms with Gasteiger partial charge in [0, 0.05) is 0 Å². The van der Waals surface area contributed by atoms with Gasteiger partial charge in [0.2, 0.25) is 0 Å².